The van der Waals surface area contributed by atoms with Crippen molar-refractivity contribution in [1.29, 1.82) is 0 Å². The van der Waals surface area contributed by atoms with Crippen LogP contribution in [0.3, 0.4) is 0 Å². The number of nitrogens with zero attached hydrogens (tertiary/aromatic N) is 2. The summed E-state index contributed by atoms with van der Waals surface area (Å²) >= 11 is 0. The third-order valence-corrected chi connectivity index (χ3v) is 4.02. The Kier molecular flexibility index (Phi) is 4.55. The number of rotatable bonds is 4. The summed E-state index contributed by atoms with van der Waals surface area (Å²) in [4.78, 5) is 12.5. The quantitative estimate of drug-likeness (QED) is 0.897. The SMILES string of the molecule is Cc1c(C(=O)NCc2ccc3c(c2)OCO3)c(C(F)(F)F)nn1C(C)C. The molecule has 1 N–H and O–H groups in total. The lowest BCUT2D eigenvalue weighted by molar-refractivity contribution is -0.141. The van der Waals surface area contributed by atoms with E-state index in [4.69, 9.17) is 9.47 Å². The van der Waals surface area contributed by atoms with Crippen LogP contribution in [0.4, 0.5) is 13.2 Å². The number of hydrogen-bond acceptors (Lipinski definition) is 4. The summed E-state index contributed by atoms with van der Waals surface area (Å²) in [5.74, 6) is 0.310. The van der Waals surface area contributed by atoms with Gasteiger partial charge in [-0.25, -0.2) is 0 Å². The monoisotopic (exact) mass is 369 g/mol. The van der Waals surface area contributed by atoms with Gasteiger partial charge >= 0.3 is 6.18 Å². The molecule has 0 fully saturated rings. The molecule has 1 aromatic heterocycles. The minimum absolute atomic E-state index is 0.0546. The Labute approximate surface area is 147 Å². The van der Waals surface area contributed by atoms with Gasteiger partial charge in [0.1, 0.15) is 0 Å². The summed E-state index contributed by atoms with van der Waals surface area (Å²) < 4.78 is 51.5. The Bertz CT molecular complexity index is 844. The van der Waals surface area contributed by atoms with Gasteiger partial charge in [0.2, 0.25) is 6.79 Å². The van der Waals surface area contributed by atoms with Crippen molar-refractivity contribution in [1.82, 2.24) is 15.1 Å². The number of hydrogen-bond donors (Lipinski definition) is 1. The van der Waals surface area contributed by atoms with Crippen molar-refractivity contribution in [3.63, 3.8) is 0 Å². The lowest BCUT2D eigenvalue weighted by Gasteiger charge is -2.10. The highest BCUT2D eigenvalue weighted by molar-refractivity contribution is 5.96. The van der Waals surface area contributed by atoms with Crippen molar-refractivity contribution in [3.8, 4) is 11.5 Å². The lowest BCUT2D eigenvalue weighted by Crippen LogP contribution is -2.26. The van der Waals surface area contributed by atoms with Gasteiger partial charge in [-0.05, 0) is 38.5 Å². The van der Waals surface area contributed by atoms with E-state index in [1.165, 1.54) is 11.6 Å². The minimum Gasteiger partial charge on any atom is -0.454 e. The molecule has 2 aromatic rings. The van der Waals surface area contributed by atoms with Gasteiger partial charge in [0.15, 0.2) is 17.2 Å². The fourth-order valence-electron chi connectivity index (χ4n) is 2.81. The zero-order valence-electron chi connectivity index (χ0n) is 14.5. The fraction of sp³-hybridized carbons (Fsp3) is 0.412. The Balaban J connectivity index is 1.83. The molecule has 0 atom stereocenters. The maximum atomic E-state index is 13.3. The number of carbonyl (C=O) groups excluding carboxylic acids is 1. The van der Waals surface area contributed by atoms with E-state index in [0.717, 1.165) is 0 Å². The lowest BCUT2D eigenvalue weighted by atomic mass is 10.1. The fourth-order valence-corrected chi connectivity index (χ4v) is 2.81. The number of fused-ring (bicyclic) bond motifs is 1. The van der Waals surface area contributed by atoms with E-state index in [1.807, 2.05) is 0 Å². The number of halogens is 3. The molecule has 0 saturated heterocycles. The molecule has 0 spiro atoms. The highest BCUT2D eigenvalue weighted by Crippen LogP contribution is 2.34. The normalized spacial score (nSPS) is 13.3. The summed E-state index contributed by atoms with van der Waals surface area (Å²) in [5.41, 5.74) is -0.764. The number of benzene rings is 1. The molecule has 3 rings (SSSR count). The zero-order valence-corrected chi connectivity index (χ0v) is 14.5. The van der Waals surface area contributed by atoms with Crippen LogP contribution in [-0.2, 0) is 12.7 Å². The van der Waals surface area contributed by atoms with E-state index in [9.17, 15) is 18.0 Å². The van der Waals surface area contributed by atoms with Gasteiger partial charge in [0.25, 0.3) is 5.91 Å². The van der Waals surface area contributed by atoms with Crippen molar-refractivity contribution in [2.45, 2.75) is 39.5 Å². The van der Waals surface area contributed by atoms with Crippen LogP contribution in [0.5, 0.6) is 11.5 Å². The first kappa shape index (κ1) is 18.1. The molecule has 0 unspecified atom stereocenters. The van der Waals surface area contributed by atoms with Crippen LogP contribution in [0.2, 0.25) is 0 Å². The number of alkyl halides is 3. The molecule has 0 radical (unpaired) electrons. The molecule has 1 aliphatic heterocycles. The maximum Gasteiger partial charge on any atom is 0.435 e. The van der Waals surface area contributed by atoms with Gasteiger partial charge in [0, 0.05) is 18.3 Å². The van der Waals surface area contributed by atoms with E-state index in [-0.39, 0.29) is 25.1 Å². The Morgan fingerprint density at radius 2 is 2.00 bits per heavy atom. The molecule has 9 heteroatoms. The number of nitrogens with one attached hydrogen (secondary N) is 1. The molecule has 0 aliphatic carbocycles. The first-order valence-electron chi connectivity index (χ1n) is 8.01. The molecule has 1 aromatic carbocycles. The van der Waals surface area contributed by atoms with Gasteiger partial charge in [0.05, 0.1) is 5.56 Å². The summed E-state index contributed by atoms with van der Waals surface area (Å²) in [6, 6.07) is 4.78. The van der Waals surface area contributed by atoms with Crippen molar-refractivity contribution < 1.29 is 27.4 Å². The molecule has 0 saturated carbocycles. The number of aromatic nitrogens is 2. The topological polar surface area (TPSA) is 65.4 Å². The predicted molar refractivity (Wildman–Crippen MR) is 86.1 cm³/mol. The highest BCUT2D eigenvalue weighted by atomic mass is 19.4. The second-order valence-electron chi connectivity index (χ2n) is 6.22. The largest absolute Gasteiger partial charge is 0.454 e. The van der Waals surface area contributed by atoms with Crippen LogP contribution in [-0.4, -0.2) is 22.5 Å². The first-order chi connectivity index (χ1) is 12.2. The van der Waals surface area contributed by atoms with E-state index in [0.29, 0.717) is 17.1 Å². The number of amides is 1. The summed E-state index contributed by atoms with van der Waals surface area (Å²) in [6.45, 7) is 5.04. The first-order valence-corrected chi connectivity index (χ1v) is 8.01. The third kappa shape index (κ3) is 3.33. The predicted octanol–water partition coefficient (Wildman–Crippen LogP) is 3.45. The van der Waals surface area contributed by atoms with Gasteiger partial charge in [-0.3, -0.25) is 9.48 Å². The molecule has 1 aliphatic rings. The van der Waals surface area contributed by atoms with Gasteiger partial charge in [-0.2, -0.15) is 18.3 Å². The maximum absolute atomic E-state index is 13.3. The van der Waals surface area contributed by atoms with E-state index >= 15 is 0 Å². The van der Waals surface area contributed by atoms with E-state index < -0.39 is 23.3 Å². The second kappa shape index (κ2) is 6.54. The Morgan fingerprint density at radius 1 is 1.31 bits per heavy atom. The Morgan fingerprint density at radius 3 is 2.65 bits per heavy atom. The molecule has 140 valence electrons. The molecule has 1 amide bonds. The summed E-state index contributed by atoms with van der Waals surface area (Å²) in [5, 5.41) is 6.12. The van der Waals surface area contributed by atoms with Crippen molar-refractivity contribution in [2.24, 2.45) is 0 Å². The smallest absolute Gasteiger partial charge is 0.435 e. The van der Waals surface area contributed by atoms with Gasteiger partial charge in [-0.15, -0.1) is 0 Å². The van der Waals surface area contributed by atoms with Crippen LogP contribution in [0, 0.1) is 6.92 Å². The summed E-state index contributed by atoms with van der Waals surface area (Å²) in [6.07, 6.45) is -4.71. The second-order valence-corrected chi connectivity index (χ2v) is 6.22. The van der Waals surface area contributed by atoms with Crippen LogP contribution >= 0.6 is 0 Å². The standard InChI is InChI=1S/C17H18F3N3O3/c1-9(2)23-10(3)14(15(22-23)17(18,19)20)16(24)21-7-11-4-5-12-13(6-11)26-8-25-12/h4-6,9H,7-8H2,1-3H3,(H,21,24). The van der Waals surface area contributed by atoms with Crippen LogP contribution in [0.1, 0.15) is 47.2 Å². The van der Waals surface area contributed by atoms with Crippen molar-refractivity contribution in [2.75, 3.05) is 6.79 Å². The van der Waals surface area contributed by atoms with Crippen LogP contribution in [0.25, 0.3) is 0 Å². The molecule has 0 bridgehead atoms. The molecule has 6 nitrogen and oxygen atoms in total. The van der Waals surface area contributed by atoms with Crippen molar-refractivity contribution in [3.05, 3.63) is 40.7 Å². The van der Waals surface area contributed by atoms with Crippen LogP contribution < -0.4 is 14.8 Å². The van der Waals surface area contributed by atoms with Gasteiger partial charge in [-0.1, -0.05) is 6.07 Å². The Hall–Kier alpha value is -2.71. The molecular weight excluding hydrogens is 351 g/mol. The van der Waals surface area contributed by atoms with E-state index in [1.54, 1.807) is 32.0 Å². The van der Waals surface area contributed by atoms with Crippen LogP contribution in [0.15, 0.2) is 18.2 Å². The van der Waals surface area contributed by atoms with E-state index in [2.05, 4.69) is 10.4 Å². The molecule has 2 heterocycles. The average molecular weight is 369 g/mol. The summed E-state index contributed by atoms with van der Waals surface area (Å²) in [7, 11) is 0. The number of carbonyl (C=O) groups is 1. The minimum atomic E-state index is -4.71. The number of ether oxygens (including phenoxy) is 2. The van der Waals surface area contributed by atoms with Gasteiger partial charge < -0.3 is 14.8 Å². The molecular formula is C17H18F3N3O3. The average Bonchev–Trinajstić information content (AvgIpc) is 3.15. The highest BCUT2D eigenvalue weighted by Gasteiger charge is 2.41. The third-order valence-electron chi connectivity index (χ3n) is 4.02. The zero-order chi connectivity index (χ0) is 19.1. The molecule has 26 heavy (non-hydrogen) atoms. The van der Waals surface area contributed by atoms with Crippen molar-refractivity contribution >= 4 is 5.91 Å².